The number of carboxylic acid groups (broad SMARTS) is 1. The molecule has 1 aromatic carbocycles. The summed E-state index contributed by atoms with van der Waals surface area (Å²) < 4.78 is 17.2. The lowest BCUT2D eigenvalue weighted by molar-refractivity contribution is -0.170. The van der Waals surface area contributed by atoms with Gasteiger partial charge >= 0.3 is 11.9 Å². The van der Waals surface area contributed by atoms with Crippen LogP contribution in [-0.4, -0.2) is 36.0 Å². The molecule has 1 saturated heterocycles. The SMILES string of the molecule is CP1(=O)CCC(C(=O)O)(C(=O)OCc2ccccc2)CC1. The summed E-state index contributed by atoms with van der Waals surface area (Å²) in [5.74, 6) is -1.90. The molecule has 0 atom stereocenters. The molecule has 2 rings (SSSR count). The highest BCUT2D eigenvalue weighted by Crippen LogP contribution is 2.52. The van der Waals surface area contributed by atoms with Crippen LogP contribution < -0.4 is 0 Å². The summed E-state index contributed by atoms with van der Waals surface area (Å²) in [7, 11) is -2.29. The Bertz CT molecular complexity index is 569. The summed E-state index contributed by atoms with van der Waals surface area (Å²) in [4.78, 5) is 23.8. The van der Waals surface area contributed by atoms with Gasteiger partial charge in [-0.2, -0.15) is 0 Å². The summed E-state index contributed by atoms with van der Waals surface area (Å²) in [6, 6.07) is 9.11. The molecule has 0 radical (unpaired) electrons. The molecular weight excluding hydrogens is 291 g/mol. The van der Waals surface area contributed by atoms with E-state index in [0.717, 1.165) is 5.56 Å². The van der Waals surface area contributed by atoms with E-state index >= 15 is 0 Å². The molecule has 0 spiro atoms. The minimum absolute atomic E-state index is 0.0541. The van der Waals surface area contributed by atoms with Gasteiger partial charge in [-0.25, -0.2) is 0 Å². The topological polar surface area (TPSA) is 80.7 Å². The number of rotatable bonds is 4. The molecule has 0 aromatic heterocycles. The van der Waals surface area contributed by atoms with Crippen LogP contribution in [0.4, 0.5) is 0 Å². The zero-order valence-corrected chi connectivity index (χ0v) is 12.8. The van der Waals surface area contributed by atoms with E-state index in [9.17, 15) is 19.3 Å². The maximum absolute atomic E-state index is 12.3. The molecule has 1 fully saturated rings. The number of ether oxygens (including phenoxy) is 1. The van der Waals surface area contributed by atoms with E-state index < -0.39 is 24.5 Å². The quantitative estimate of drug-likeness (QED) is 0.525. The molecule has 0 saturated carbocycles. The Kier molecular flexibility index (Phi) is 4.52. The first-order valence-corrected chi connectivity index (χ1v) is 9.38. The molecule has 0 unspecified atom stereocenters. The molecule has 1 aliphatic rings. The number of hydrogen-bond acceptors (Lipinski definition) is 4. The van der Waals surface area contributed by atoms with Crippen LogP contribution in [0, 0.1) is 5.41 Å². The molecule has 1 N–H and O–H groups in total. The number of esters is 1. The molecular formula is C15H19O5P. The Balaban J connectivity index is 2.07. The summed E-state index contributed by atoms with van der Waals surface area (Å²) in [5.41, 5.74) is -0.734. The molecule has 0 bridgehead atoms. The fraction of sp³-hybridized carbons (Fsp3) is 0.467. The second-order valence-corrected chi connectivity index (χ2v) is 9.18. The van der Waals surface area contributed by atoms with Crippen LogP contribution in [0.1, 0.15) is 18.4 Å². The third-order valence-electron chi connectivity index (χ3n) is 4.04. The first-order chi connectivity index (χ1) is 9.86. The zero-order valence-electron chi connectivity index (χ0n) is 11.9. The Morgan fingerprint density at radius 2 is 1.81 bits per heavy atom. The minimum Gasteiger partial charge on any atom is -0.480 e. The van der Waals surface area contributed by atoms with E-state index in [-0.39, 0.29) is 31.8 Å². The van der Waals surface area contributed by atoms with Crippen molar-refractivity contribution in [1.82, 2.24) is 0 Å². The molecule has 0 aliphatic carbocycles. The molecule has 6 heteroatoms. The van der Waals surface area contributed by atoms with Gasteiger partial charge in [0.1, 0.15) is 6.61 Å². The second-order valence-electron chi connectivity index (χ2n) is 5.69. The van der Waals surface area contributed by atoms with Gasteiger partial charge in [0, 0.05) is 12.3 Å². The summed E-state index contributed by atoms with van der Waals surface area (Å²) in [5, 5.41) is 9.44. The van der Waals surface area contributed by atoms with Crippen LogP contribution in [-0.2, 0) is 25.5 Å². The van der Waals surface area contributed by atoms with Crippen molar-refractivity contribution in [2.45, 2.75) is 19.4 Å². The first kappa shape index (κ1) is 15.8. The van der Waals surface area contributed by atoms with Gasteiger partial charge in [-0.15, -0.1) is 0 Å². The van der Waals surface area contributed by atoms with E-state index in [1.54, 1.807) is 6.66 Å². The van der Waals surface area contributed by atoms with Crippen LogP contribution in [0.5, 0.6) is 0 Å². The molecule has 114 valence electrons. The third kappa shape index (κ3) is 3.53. The molecule has 0 amide bonds. The van der Waals surface area contributed by atoms with E-state index in [1.165, 1.54) is 0 Å². The Morgan fingerprint density at radius 1 is 1.24 bits per heavy atom. The van der Waals surface area contributed by atoms with Crippen molar-refractivity contribution in [1.29, 1.82) is 0 Å². The van der Waals surface area contributed by atoms with Crippen molar-refractivity contribution in [2.75, 3.05) is 19.0 Å². The number of hydrogen-bond donors (Lipinski definition) is 1. The van der Waals surface area contributed by atoms with Crippen molar-refractivity contribution in [3.8, 4) is 0 Å². The Morgan fingerprint density at radius 3 is 2.33 bits per heavy atom. The summed E-state index contributed by atoms with van der Waals surface area (Å²) in [6.45, 7) is 1.71. The number of aliphatic carboxylic acids is 1. The van der Waals surface area contributed by atoms with Crippen molar-refractivity contribution in [3.63, 3.8) is 0 Å². The smallest absolute Gasteiger partial charge is 0.323 e. The predicted octanol–water partition coefficient (Wildman–Crippen LogP) is 2.59. The van der Waals surface area contributed by atoms with Crippen molar-refractivity contribution >= 4 is 19.1 Å². The lowest BCUT2D eigenvalue weighted by atomic mass is 9.82. The number of carbonyl (C=O) groups excluding carboxylic acids is 1. The lowest BCUT2D eigenvalue weighted by Crippen LogP contribution is -2.44. The fourth-order valence-electron chi connectivity index (χ4n) is 2.46. The second kappa shape index (κ2) is 6.02. The average Bonchev–Trinajstić information content (AvgIpc) is 2.46. The summed E-state index contributed by atoms with van der Waals surface area (Å²) >= 11 is 0. The maximum atomic E-state index is 12.3. The fourth-order valence-corrected chi connectivity index (χ4v) is 4.39. The largest absolute Gasteiger partial charge is 0.480 e. The molecule has 1 aliphatic heterocycles. The number of benzene rings is 1. The van der Waals surface area contributed by atoms with Gasteiger partial charge < -0.3 is 14.4 Å². The molecule has 1 aromatic rings. The van der Waals surface area contributed by atoms with E-state index in [4.69, 9.17) is 4.74 Å². The van der Waals surface area contributed by atoms with Crippen molar-refractivity contribution in [3.05, 3.63) is 35.9 Å². The highest BCUT2D eigenvalue weighted by molar-refractivity contribution is 7.63. The lowest BCUT2D eigenvalue weighted by Gasteiger charge is -2.33. The molecule has 21 heavy (non-hydrogen) atoms. The average molecular weight is 310 g/mol. The monoisotopic (exact) mass is 310 g/mol. The van der Waals surface area contributed by atoms with Crippen LogP contribution in [0.25, 0.3) is 0 Å². The first-order valence-electron chi connectivity index (χ1n) is 6.86. The Labute approximate surface area is 123 Å². The normalized spacial score (nSPS) is 28.8. The summed E-state index contributed by atoms with van der Waals surface area (Å²) in [6.07, 6.45) is 0.729. The third-order valence-corrected chi connectivity index (χ3v) is 6.38. The van der Waals surface area contributed by atoms with Crippen LogP contribution in [0.15, 0.2) is 30.3 Å². The minimum atomic E-state index is -2.29. The van der Waals surface area contributed by atoms with Gasteiger partial charge in [0.15, 0.2) is 5.41 Å². The van der Waals surface area contributed by atoms with Crippen molar-refractivity contribution in [2.24, 2.45) is 5.41 Å². The number of carboxylic acids is 1. The van der Waals surface area contributed by atoms with Gasteiger partial charge in [0.25, 0.3) is 0 Å². The van der Waals surface area contributed by atoms with Crippen molar-refractivity contribution < 1.29 is 24.0 Å². The standard InChI is InChI=1S/C15H19O5P/c1-21(19)9-7-15(8-10-21,13(16)17)14(18)20-11-12-5-3-2-4-6-12/h2-6H,7-11H2,1H3,(H,16,17). The highest BCUT2D eigenvalue weighted by atomic mass is 31.2. The van der Waals surface area contributed by atoms with E-state index in [1.807, 2.05) is 30.3 Å². The van der Waals surface area contributed by atoms with Crippen LogP contribution in [0.3, 0.4) is 0 Å². The van der Waals surface area contributed by atoms with Crippen LogP contribution in [0.2, 0.25) is 0 Å². The predicted molar refractivity (Wildman–Crippen MR) is 78.8 cm³/mol. The Hall–Kier alpha value is -1.61. The van der Waals surface area contributed by atoms with Gasteiger partial charge in [-0.05, 0) is 25.1 Å². The van der Waals surface area contributed by atoms with Gasteiger partial charge in [-0.1, -0.05) is 30.3 Å². The van der Waals surface area contributed by atoms with E-state index in [0.29, 0.717) is 0 Å². The highest BCUT2D eigenvalue weighted by Gasteiger charge is 2.51. The van der Waals surface area contributed by atoms with E-state index in [2.05, 4.69) is 0 Å². The number of carbonyl (C=O) groups is 2. The molecule has 5 nitrogen and oxygen atoms in total. The van der Waals surface area contributed by atoms with Gasteiger partial charge in [-0.3, -0.25) is 9.59 Å². The van der Waals surface area contributed by atoms with Crippen LogP contribution >= 0.6 is 7.14 Å². The van der Waals surface area contributed by atoms with Gasteiger partial charge in [0.2, 0.25) is 0 Å². The maximum Gasteiger partial charge on any atom is 0.323 e. The molecule has 1 heterocycles. The van der Waals surface area contributed by atoms with Gasteiger partial charge in [0.05, 0.1) is 7.14 Å². The zero-order chi connectivity index (χ0) is 15.5.